The minimum Gasteiger partial charge on any atom is -0.366 e. The average Bonchev–Trinajstić information content (AvgIpc) is 2.40. The first kappa shape index (κ1) is 13.5. The molecule has 0 saturated carbocycles. The highest BCUT2D eigenvalue weighted by Gasteiger charge is 2.08. The van der Waals surface area contributed by atoms with Crippen molar-refractivity contribution in [1.82, 2.24) is 15.2 Å². The predicted molar refractivity (Wildman–Crippen MR) is 69.2 cm³/mol. The standard InChI is InChI=1S/C9H10N6.C2H4O/c10-9-12-7(8(13-11)14-15-9)6-4-2-1-3-5-6;1-2-3/h1-5H,11H2,(H,13,14)(H2,10,12,15);2H,1H3. The first-order valence-electron chi connectivity index (χ1n) is 5.15. The van der Waals surface area contributed by atoms with Crippen molar-refractivity contribution in [2.24, 2.45) is 5.84 Å². The summed E-state index contributed by atoms with van der Waals surface area (Å²) in [6, 6.07) is 9.49. The molecule has 0 spiro atoms. The summed E-state index contributed by atoms with van der Waals surface area (Å²) in [5, 5.41) is 7.41. The molecule has 0 radical (unpaired) electrons. The zero-order valence-electron chi connectivity index (χ0n) is 9.87. The normalized spacial score (nSPS) is 9.00. The topological polar surface area (TPSA) is 120 Å². The lowest BCUT2D eigenvalue weighted by atomic mass is 10.1. The molecule has 18 heavy (non-hydrogen) atoms. The molecule has 0 aliphatic carbocycles. The molecule has 0 amide bonds. The van der Waals surface area contributed by atoms with Crippen molar-refractivity contribution in [1.29, 1.82) is 0 Å². The summed E-state index contributed by atoms with van der Waals surface area (Å²) >= 11 is 0. The van der Waals surface area contributed by atoms with E-state index in [1.807, 2.05) is 30.3 Å². The van der Waals surface area contributed by atoms with Crippen LogP contribution in [0.25, 0.3) is 11.3 Å². The number of hydrogen-bond acceptors (Lipinski definition) is 7. The number of benzene rings is 1. The van der Waals surface area contributed by atoms with Gasteiger partial charge in [0.1, 0.15) is 12.0 Å². The van der Waals surface area contributed by atoms with Gasteiger partial charge in [-0.15, -0.1) is 10.2 Å². The SMILES string of the molecule is CC=O.NNc1nnc(N)nc1-c1ccccc1. The Morgan fingerprint density at radius 1 is 1.22 bits per heavy atom. The molecule has 0 bridgehead atoms. The van der Waals surface area contributed by atoms with Crippen LogP contribution in [-0.4, -0.2) is 21.5 Å². The molecule has 1 heterocycles. The van der Waals surface area contributed by atoms with Crippen molar-refractivity contribution in [2.75, 3.05) is 11.2 Å². The van der Waals surface area contributed by atoms with E-state index in [-0.39, 0.29) is 5.95 Å². The van der Waals surface area contributed by atoms with Gasteiger partial charge in [-0.25, -0.2) is 10.8 Å². The number of aromatic nitrogens is 3. The summed E-state index contributed by atoms with van der Waals surface area (Å²) in [6.45, 7) is 1.44. The Balaban J connectivity index is 0.000000492. The predicted octanol–water partition coefficient (Wildman–Crippen LogP) is 0.612. The van der Waals surface area contributed by atoms with Crippen LogP contribution in [0.3, 0.4) is 0 Å². The third-order valence-electron chi connectivity index (χ3n) is 1.89. The number of anilines is 2. The number of nitrogens with one attached hydrogen (secondary N) is 1. The lowest BCUT2D eigenvalue weighted by Gasteiger charge is -2.05. The monoisotopic (exact) mass is 246 g/mol. The molecule has 0 unspecified atom stereocenters. The average molecular weight is 246 g/mol. The van der Waals surface area contributed by atoms with Gasteiger partial charge in [0.05, 0.1) is 0 Å². The Labute approximate surface area is 104 Å². The number of hydrogen-bond donors (Lipinski definition) is 3. The summed E-state index contributed by atoms with van der Waals surface area (Å²) in [5.41, 5.74) is 9.37. The number of rotatable bonds is 2. The van der Waals surface area contributed by atoms with Crippen LogP contribution in [-0.2, 0) is 4.79 Å². The molecular formula is C11H14N6O. The first-order chi connectivity index (χ1) is 8.72. The van der Waals surface area contributed by atoms with Crippen molar-refractivity contribution in [3.8, 4) is 11.3 Å². The Morgan fingerprint density at radius 3 is 2.39 bits per heavy atom. The number of nitrogens with two attached hydrogens (primary N) is 2. The van der Waals surface area contributed by atoms with E-state index >= 15 is 0 Å². The van der Waals surface area contributed by atoms with E-state index in [9.17, 15) is 0 Å². The fourth-order valence-electron chi connectivity index (χ4n) is 1.23. The lowest BCUT2D eigenvalue weighted by molar-refractivity contribution is -0.106. The van der Waals surface area contributed by atoms with Crippen LogP contribution in [0.15, 0.2) is 30.3 Å². The van der Waals surface area contributed by atoms with Crippen LogP contribution < -0.4 is 17.0 Å². The lowest BCUT2D eigenvalue weighted by Crippen LogP contribution is -2.12. The van der Waals surface area contributed by atoms with Crippen molar-refractivity contribution < 1.29 is 4.79 Å². The van der Waals surface area contributed by atoms with Crippen molar-refractivity contribution >= 4 is 18.1 Å². The second-order valence-corrected chi connectivity index (χ2v) is 3.11. The number of hydrazine groups is 1. The molecule has 0 aliphatic rings. The molecule has 5 N–H and O–H groups in total. The van der Waals surface area contributed by atoms with Gasteiger partial charge in [-0.05, 0) is 6.92 Å². The van der Waals surface area contributed by atoms with Gasteiger partial charge >= 0.3 is 0 Å². The molecule has 0 fully saturated rings. The number of carbonyl (C=O) groups is 1. The maximum Gasteiger partial charge on any atom is 0.240 e. The third kappa shape index (κ3) is 3.49. The molecule has 1 aromatic heterocycles. The molecule has 0 atom stereocenters. The van der Waals surface area contributed by atoms with E-state index in [0.717, 1.165) is 11.8 Å². The van der Waals surface area contributed by atoms with Gasteiger partial charge in [0.25, 0.3) is 0 Å². The van der Waals surface area contributed by atoms with Gasteiger partial charge < -0.3 is 16.0 Å². The minimum absolute atomic E-state index is 0.118. The molecule has 2 aromatic rings. The van der Waals surface area contributed by atoms with Crippen LogP contribution in [0.1, 0.15) is 6.92 Å². The Bertz CT molecular complexity index is 502. The van der Waals surface area contributed by atoms with Crippen molar-refractivity contribution in [3.63, 3.8) is 0 Å². The zero-order valence-corrected chi connectivity index (χ0v) is 9.87. The Morgan fingerprint density at radius 2 is 1.83 bits per heavy atom. The van der Waals surface area contributed by atoms with E-state index < -0.39 is 0 Å². The molecule has 94 valence electrons. The van der Waals surface area contributed by atoms with Gasteiger partial charge in [0.2, 0.25) is 5.95 Å². The third-order valence-corrected chi connectivity index (χ3v) is 1.89. The van der Waals surface area contributed by atoms with Gasteiger partial charge in [-0.1, -0.05) is 30.3 Å². The molecular weight excluding hydrogens is 232 g/mol. The second kappa shape index (κ2) is 6.92. The van der Waals surface area contributed by atoms with Crippen LogP contribution in [0.4, 0.5) is 11.8 Å². The molecule has 7 heteroatoms. The number of nitrogens with zero attached hydrogens (tertiary/aromatic N) is 3. The summed E-state index contributed by atoms with van der Waals surface area (Å²) in [6.07, 6.45) is 0.750. The second-order valence-electron chi connectivity index (χ2n) is 3.11. The van der Waals surface area contributed by atoms with E-state index in [4.69, 9.17) is 16.4 Å². The van der Waals surface area contributed by atoms with E-state index in [1.54, 1.807) is 0 Å². The number of aldehydes is 1. The van der Waals surface area contributed by atoms with E-state index in [2.05, 4.69) is 20.6 Å². The summed E-state index contributed by atoms with van der Waals surface area (Å²) in [5.74, 6) is 5.82. The first-order valence-corrected chi connectivity index (χ1v) is 5.15. The Kier molecular flexibility index (Phi) is 5.20. The van der Waals surface area contributed by atoms with Crippen LogP contribution >= 0.6 is 0 Å². The van der Waals surface area contributed by atoms with Crippen LogP contribution in [0.2, 0.25) is 0 Å². The minimum atomic E-state index is 0.118. The fraction of sp³-hybridized carbons (Fsp3) is 0.0909. The molecule has 0 saturated heterocycles. The molecule has 2 rings (SSSR count). The Hall–Kier alpha value is -2.54. The van der Waals surface area contributed by atoms with Gasteiger partial charge in [-0.2, -0.15) is 0 Å². The van der Waals surface area contributed by atoms with Crippen molar-refractivity contribution in [2.45, 2.75) is 6.92 Å². The molecule has 0 aliphatic heterocycles. The largest absolute Gasteiger partial charge is 0.366 e. The highest BCUT2D eigenvalue weighted by molar-refractivity contribution is 5.71. The smallest absolute Gasteiger partial charge is 0.240 e. The quantitative estimate of drug-likeness (QED) is 0.403. The van der Waals surface area contributed by atoms with Crippen molar-refractivity contribution in [3.05, 3.63) is 30.3 Å². The summed E-state index contributed by atoms with van der Waals surface area (Å²) in [7, 11) is 0. The van der Waals surface area contributed by atoms with Crippen LogP contribution in [0.5, 0.6) is 0 Å². The maximum absolute atomic E-state index is 8.81. The van der Waals surface area contributed by atoms with Crippen LogP contribution in [0, 0.1) is 0 Å². The maximum atomic E-state index is 8.81. The van der Waals surface area contributed by atoms with E-state index in [0.29, 0.717) is 11.5 Å². The fourth-order valence-corrected chi connectivity index (χ4v) is 1.23. The van der Waals surface area contributed by atoms with Gasteiger partial charge in [0.15, 0.2) is 5.82 Å². The summed E-state index contributed by atoms with van der Waals surface area (Å²) in [4.78, 5) is 12.9. The summed E-state index contributed by atoms with van der Waals surface area (Å²) < 4.78 is 0. The van der Waals surface area contributed by atoms with Gasteiger partial charge in [0, 0.05) is 5.56 Å². The zero-order chi connectivity index (χ0) is 13.4. The van der Waals surface area contributed by atoms with E-state index in [1.165, 1.54) is 6.92 Å². The highest BCUT2D eigenvalue weighted by Crippen LogP contribution is 2.22. The number of nitrogen functional groups attached to an aromatic ring is 2. The molecule has 1 aromatic carbocycles. The van der Waals surface area contributed by atoms with Gasteiger partial charge in [-0.3, -0.25) is 0 Å². The highest BCUT2D eigenvalue weighted by atomic mass is 16.1. The number of carbonyl (C=O) groups excluding carboxylic acids is 1. The molecule has 7 nitrogen and oxygen atoms in total.